The van der Waals surface area contributed by atoms with Gasteiger partial charge in [0, 0.05) is 19.3 Å². The van der Waals surface area contributed by atoms with Crippen LogP contribution in [0.4, 0.5) is 0 Å². The number of hydrogen-bond donors (Lipinski definition) is 2. The van der Waals surface area contributed by atoms with Crippen molar-refractivity contribution >= 4 is 10.8 Å². The molecule has 24 heavy (non-hydrogen) atoms. The third-order valence-electron chi connectivity index (χ3n) is 4.13. The summed E-state index contributed by atoms with van der Waals surface area (Å²) in [5.41, 5.74) is 2.45. The van der Waals surface area contributed by atoms with Crippen LogP contribution in [0.3, 0.4) is 0 Å². The highest BCUT2D eigenvalue weighted by atomic mass is 14.9. The zero-order valence-electron chi connectivity index (χ0n) is 14.0. The average molecular weight is 319 g/mol. The predicted molar refractivity (Wildman–Crippen MR) is 101 cm³/mol. The second-order valence-corrected chi connectivity index (χ2v) is 6.06. The molecule has 0 saturated carbocycles. The van der Waals surface area contributed by atoms with E-state index < -0.39 is 0 Å². The number of rotatable bonds is 9. The standard InChI is InChI=1S/C21H25N3/c1-2-8-20-15-18(10-11-19(20)7-1)16-22-12-5-6-13-23-17-21-9-3-4-14-24-21/h1-4,7-11,14-15,22-23H,5-6,12-13,16-17H2. The Kier molecular flexibility index (Phi) is 6.34. The van der Waals surface area contributed by atoms with Gasteiger partial charge >= 0.3 is 0 Å². The fourth-order valence-corrected chi connectivity index (χ4v) is 2.80. The van der Waals surface area contributed by atoms with Gasteiger partial charge in [0.05, 0.1) is 5.69 Å². The minimum atomic E-state index is 0.853. The van der Waals surface area contributed by atoms with Crippen molar-refractivity contribution in [2.24, 2.45) is 0 Å². The average Bonchev–Trinajstić information content (AvgIpc) is 2.64. The first-order chi connectivity index (χ1) is 11.9. The van der Waals surface area contributed by atoms with Crippen molar-refractivity contribution in [2.75, 3.05) is 13.1 Å². The first kappa shape index (κ1) is 16.6. The molecule has 0 unspecified atom stereocenters. The summed E-state index contributed by atoms with van der Waals surface area (Å²) in [5, 5.41) is 9.60. The maximum atomic E-state index is 4.31. The van der Waals surface area contributed by atoms with E-state index in [1.54, 1.807) is 0 Å². The molecule has 3 aromatic rings. The molecule has 0 bridgehead atoms. The van der Waals surface area contributed by atoms with Gasteiger partial charge in [-0.15, -0.1) is 0 Å². The highest BCUT2D eigenvalue weighted by Crippen LogP contribution is 2.15. The number of fused-ring (bicyclic) bond motifs is 1. The third-order valence-corrected chi connectivity index (χ3v) is 4.13. The Bertz CT molecular complexity index is 740. The van der Waals surface area contributed by atoms with Crippen LogP contribution in [0.2, 0.25) is 0 Å². The fraction of sp³-hybridized carbons (Fsp3) is 0.286. The van der Waals surface area contributed by atoms with Gasteiger partial charge in [0.2, 0.25) is 0 Å². The molecule has 2 aromatic carbocycles. The predicted octanol–water partition coefficient (Wildman–Crippen LogP) is 3.89. The van der Waals surface area contributed by atoms with Gasteiger partial charge in [0.15, 0.2) is 0 Å². The Hall–Kier alpha value is -2.23. The van der Waals surface area contributed by atoms with E-state index in [2.05, 4.69) is 64.1 Å². The van der Waals surface area contributed by atoms with Crippen LogP contribution in [-0.2, 0) is 13.1 Å². The number of unbranched alkanes of at least 4 members (excludes halogenated alkanes) is 1. The molecule has 3 rings (SSSR count). The molecule has 1 heterocycles. The summed E-state index contributed by atoms with van der Waals surface area (Å²) in [6.45, 7) is 3.88. The minimum Gasteiger partial charge on any atom is -0.313 e. The molecule has 0 aliphatic rings. The Morgan fingerprint density at radius 1 is 0.708 bits per heavy atom. The Labute approximate surface area is 144 Å². The molecule has 2 N–H and O–H groups in total. The van der Waals surface area contributed by atoms with E-state index in [0.717, 1.165) is 31.9 Å². The van der Waals surface area contributed by atoms with E-state index in [9.17, 15) is 0 Å². The van der Waals surface area contributed by atoms with Crippen LogP contribution < -0.4 is 10.6 Å². The Morgan fingerprint density at radius 3 is 2.25 bits per heavy atom. The topological polar surface area (TPSA) is 37.0 Å². The molecule has 3 nitrogen and oxygen atoms in total. The summed E-state index contributed by atoms with van der Waals surface area (Å²) in [5.74, 6) is 0. The first-order valence-corrected chi connectivity index (χ1v) is 8.71. The third kappa shape index (κ3) is 5.15. The highest BCUT2D eigenvalue weighted by Gasteiger charge is 1.97. The molecule has 0 amide bonds. The maximum absolute atomic E-state index is 4.31. The van der Waals surface area contributed by atoms with Gasteiger partial charge < -0.3 is 10.6 Å². The Morgan fingerprint density at radius 2 is 1.46 bits per heavy atom. The van der Waals surface area contributed by atoms with Crippen LogP contribution in [-0.4, -0.2) is 18.1 Å². The van der Waals surface area contributed by atoms with E-state index in [1.165, 1.54) is 29.2 Å². The summed E-state index contributed by atoms with van der Waals surface area (Å²) >= 11 is 0. The summed E-state index contributed by atoms with van der Waals surface area (Å²) in [7, 11) is 0. The molecule has 124 valence electrons. The molecular formula is C21H25N3. The van der Waals surface area contributed by atoms with Gasteiger partial charge in [-0.2, -0.15) is 0 Å². The molecule has 0 spiro atoms. The minimum absolute atomic E-state index is 0.853. The molecule has 0 saturated heterocycles. The van der Waals surface area contributed by atoms with Crippen LogP contribution >= 0.6 is 0 Å². The van der Waals surface area contributed by atoms with Crippen molar-refractivity contribution in [1.82, 2.24) is 15.6 Å². The number of nitrogens with one attached hydrogen (secondary N) is 2. The van der Waals surface area contributed by atoms with Crippen molar-refractivity contribution in [3.8, 4) is 0 Å². The van der Waals surface area contributed by atoms with Crippen LogP contribution in [0.1, 0.15) is 24.1 Å². The molecule has 0 fully saturated rings. The lowest BCUT2D eigenvalue weighted by Gasteiger charge is -2.07. The monoisotopic (exact) mass is 319 g/mol. The van der Waals surface area contributed by atoms with E-state index in [0.29, 0.717) is 0 Å². The lowest BCUT2D eigenvalue weighted by molar-refractivity contribution is 0.579. The molecule has 0 aliphatic carbocycles. The molecular weight excluding hydrogens is 294 g/mol. The number of nitrogens with zero attached hydrogens (tertiary/aromatic N) is 1. The quantitative estimate of drug-likeness (QED) is 0.587. The summed E-state index contributed by atoms with van der Waals surface area (Å²) < 4.78 is 0. The summed E-state index contributed by atoms with van der Waals surface area (Å²) in [6, 6.07) is 21.2. The van der Waals surface area contributed by atoms with Crippen molar-refractivity contribution in [3.05, 3.63) is 78.1 Å². The highest BCUT2D eigenvalue weighted by molar-refractivity contribution is 5.82. The van der Waals surface area contributed by atoms with Crippen LogP contribution in [0, 0.1) is 0 Å². The van der Waals surface area contributed by atoms with E-state index in [-0.39, 0.29) is 0 Å². The molecule has 0 aliphatic heterocycles. The molecule has 0 atom stereocenters. The van der Waals surface area contributed by atoms with Crippen molar-refractivity contribution in [1.29, 1.82) is 0 Å². The van der Waals surface area contributed by atoms with Crippen molar-refractivity contribution in [3.63, 3.8) is 0 Å². The second-order valence-electron chi connectivity index (χ2n) is 6.06. The zero-order valence-corrected chi connectivity index (χ0v) is 14.0. The Balaban J connectivity index is 1.28. The van der Waals surface area contributed by atoms with E-state index >= 15 is 0 Å². The van der Waals surface area contributed by atoms with Gasteiger partial charge in [-0.25, -0.2) is 0 Å². The first-order valence-electron chi connectivity index (χ1n) is 8.71. The summed E-state index contributed by atoms with van der Waals surface area (Å²) in [6.07, 6.45) is 4.20. The molecule has 3 heteroatoms. The second kappa shape index (κ2) is 9.16. The lowest BCUT2D eigenvalue weighted by Crippen LogP contribution is -2.19. The van der Waals surface area contributed by atoms with Gasteiger partial charge in [0.25, 0.3) is 0 Å². The van der Waals surface area contributed by atoms with Gasteiger partial charge in [-0.1, -0.05) is 42.5 Å². The van der Waals surface area contributed by atoms with Crippen LogP contribution in [0.5, 0.6) is 0 Å². The SMILES string of the molecule is c1ccc(CNCCCCNCc2ccc3ccccc3c2)nc1. The lowest BCUT2D eigenvalue weighted by atomic mass is 10.1. The summed E-state index contributed by atoms with van der Waals surface area (Å²) in [4.78, 5) is 4.31. The van der Waals surface area contributed by atoms with Crippen molar-refractivity contribution < 1.29 is 0 Å². The van der Waals surface area contributed by atoms with E-state index in [4.69, 9.17) is 0 Å². The largest absolute Gasteiger partial charge is 0.313 e. The molecule has 1 aromatic heterocycles. The normalized spacial score (nSPS) is 11.0. The number of pyridine rings is 1. The van der Waals surface area contributed by atoms with Crippen LogP contribution in [0.25, 0.3) is 10.8 Å². The fourth-order valence-electron chi connectivity index (χ4n) is 2.80. The molecule has 0 radical (unpaired) electrons. The maximum Gasteiger partial charge on any atom is 0.0541 e. The number of hydrogen-bond acceptors (Lipinski definition) is 3. The number of benzene rings is 2. The van der Waals surface area contributed by atoms with Gasteiger partial charge in [0.1, 0.15) is 0 Å². The van der Waals surface area contributed by atoms with Crippen LogP contribution in [0.15, 0.2) is 66.9 Å². The smallest absolute Gasteiger partial charge is 0.0541 e. The van der Waals surface area contributed by atoms with E-state index in [1.807, 2.05) is 18.3 Å². The van der Waals surface area contributed by atoms with Gasteiger partial charge in [-0.05, 0) is 60.5 Å². The van der Waals surface area contributed by atoms with Crippen molar-refractivity contribution in [2.45, 2.75) is 25.9 Å². The zero-order chi connectivity index (χ0) is 16.5. The number of aromatic nitrogens is 1. The van der Waals surface area contributed by atoms with Gasteiger partial charge in [-0.3, -0.25) is 4.98 Å².